The van der Waals surface area contributed by atoms with Gasteiger partial charge in [0, 0.05) is 25.1 Å². The van der Waals surface area contributed by atoms with Crippen LogP contribution in [0.4, 0.5) is 0 Å². The number of hydrogen-bond donors (Lipinski definition) is 2. The van der Waals surface area contributed by atoms with Crippen LogP contribution >= 0.6 is 0 Å². The number of furan rings is 1. The van der Waals surface area contributed by atoms with Crippen molar-refractivity contribution in [1.29, 1.82) is 0 Å². The average Bonchev–Trinajstić information content (AvgIpc) is 2.99. The highest BCUT2D eigenvalue weighted by Crippen LogP contribution is 2.24. The second-order valence-corrected chi connectivity index (χ2v) is 5.75. The second-order valence-electron chi connectivity index (χ2n) is 5.75. The summed E-state index contributed by atoms with van der Waals surface area (Å²) in [6.07, 6.45) is 1.41. The number of carboxylic acid groups (broad SMARTS) is 1. The molecular formula is C17H19NO5. The molecule has 1 amide bonds. The molecule has 1 saturated heterocycles. The Hall–Kier alpha value is -2.34. The molecule has 0 spiro atoms. The van der Waals surface area contributed by atoms with Crippen molar-refractivity contribution in [3.05, 3.63) is 36.1 Å². The summed E-state index contributed by atoms with van der Waals surface area (Å²) in [7, 11) is 0. The Morgan fingerprint density at radius 1 is 1.26 bits per heavy atom. The van der Waals surface area contributed by atoms with Crippen molar-refractivity contribution in [2.24, 2.45) is 11.8 Å². The number of para-hydroxylation sites is 1. The molecule has 0 aliphatic carbocycles. The molecule has 1 unspecified atom stereocenters. The molecule has 6 nitrogen and oxygen atoms in total. The first-order valence-corrected chi connectivity index (χ1v) is 7.72. The molecule has 1 aromatic heterocycles. The lowest BCUT2D eigenvalue weighted by atomic mass is 9.86. The Labute approximate surface area is 133 Å². The van der Waals surface area contributed by atoms with Gasteiger partial charge in [0.15, 0.2) is 5.76 Å². The molecule has 1 atom stereocenters. The third-order valence-electron chi connectivity index (χ3n) is 4.28. The predicted molar refractivity (Wildman–Crippen MR) is 83.2 cm³/mol. The van der Waals surface area contributed by atoms with Crippen molar-refractivity contribution in [2.45, 2.75) is 12.8 Å². The Balaban J connectivity index is 1.65. The third-order valence-corrected chi connectivity index (χ3v) is 4.28. The monoisotopic (exact) mass is 317 g/mol. The van der Waals surface area contributed by atoms with Crippen molar-refractivity contribution in [1.82, 2.24) is 5.32 Å². The minimum absolute atomic E-state index is 0.0252. The minimum atomic E-state index is -0.887. The number of fused-ring (bicyclic) bond motifs is 1. The van der Waals surface area contributed by atoms with Crippen LogP contribution in [-0.4, -0.2) is 36.7 Å². The zero-order chi connectivity index (χ0) is 16.2. The summed E-state index contributed by atoms with van der Waals surface area (Å²) in [4.78, 5) is 23.7. The molecule has 1 aliphatic rings. The normalized spacial score (nSPS) is 17.0. The van der Waals surface area contributed by atoms with E-state index in [4.69, 9.17) is 9.15 Å². The van der Waals surface area contributed by atoms with E-state index in [1.807, 2.05) is 18.2 Å². The van der Waals surface area contributed by atoms with E-state index in [0.29, 0.717) is 31.6 Å². The number of aliphatic carboxylic acids is 1. The van der Waals surface area contributed by atoms with Crippen molar-refractivity contribution < 1.29 is 23.8 Å². The standard InChI is InChI=1S/C17H19NO5/c19-16(15-9-12-3-1-2-4-14(12)23-15)18-10-13(17(20)21)11-5-7-22-8-6-11/h1-4,9,11,13H,5-8,10H2,(H,18,19)(H,20,21). The van der Waals surface area contributed by atoms with Crippen molar-refractivity contribution >= 4 is 22.8 Å². The summed E-state index contributed by atoms with van der Waals surface area (Å²) < 4.78 is 10.8. The van der Waals surface area contributed by atoms with Gasteiger partial charge in [-0.05, 0) is 30.9 Å². The zero-order valence-electron chi connectivity index (χ0n) is 12.7. The van der Waals surface area contributed by atoms with Gasteiger partial charge in [-0.2, -0.15) is 0 Å². The molecule has 1 fully saturated rings. The molecule has 2 heterocycles. The van der Waals surface area contributed by atoms with E-state index in [1.54, 1.807) is 12.1 Å². The van der Waals surface area contributed by atoms with Crippen LogP contribution in [0.2, 0.25) is 0 Å². The number of hydrogen-bond acceptors (Lipinski definition) is 4. The van der Waals surface area contributed by atoms with Gasteiger partial charge in [-0.1, -0.05) is 18.2 Å². The third kappa shape index (κ3) is 3.53. The summed E-state index contributed by atoms with van der Waals surface area (Å²) >= 11 is 0. The molecule has 0 radical (unpaired) electrons. The van der Waals surface area contributed by atoms with Crippen LogP contribution in [0.3, 0.4) is 0 Å². The van der Waals surface area contributed by atoms with Gasteiger partial charge in [0.05, 0.1) is 5.92 Å². The molecule has 3 rings (SSSR count). The number of carbonyl (C=O) groups is 2. The largest absolute Gasteiger partial charge is 0.481 e. The average molecular weight is 317 g/mol. The van der Waals surface area contributed by atoms with Crippen LogP contribution in [0.1, 0.15) is 23.4 Å². The number of rotatable bonds is 5. The fourth-order valence-corrected chi connectivity index (χ4v) is 2.96. The maximum atomic E-state index is 12.2. The topological polar surface area (TPSA) is 88.8 Å². The molecule has 2 N–H and O–H groups in total. The van der Waals surface area contributed by atoms with Crippen LogP contribution in [0.25, 0.3) is 11.0 Å². The van der Waals surface area contributed by atoms with Gasteiger partial charge in [0.1, 0.15) is 5.58 Å². The summed E-state index contributed by atoms with van der Waals surface area (Å²) in [6, 6.07) is 9.01. The van der Waals surface area contributed by atoms with Gasteiger partial charge < -0.3 is 19.6 Å². The zero-order valence-corrected chi connectivity index (χ0v) is 12.7. The maximum Gasteiger partial charge on any atom is 0.308 e. The van der Waals surface area contributed by atoms with E-state index >= 15 is 0 Å². The number of amides is 1. The summed E-state index contributed by atoms with van der Waals surface area (Å²) in [5.41, 5.74) is 0.636. The van der Waals surface area contributed by atoms with E-state index < -0.39 is 11.9 Å². The van der Waals surface area contributed by atoms with Crippen LogP contribution in [0.5, 0.6) is 0 Å². The lowest BCUT2D eigenvalue weighted by Crippen LogP contribution is -2.38. The molecule has 0 saturated carbocycles. The van der Waals surface area contributed by atoms with Crippen molar-refractivity contribution in [3.8, 4) is 0 Å². The molecule has 1 aromatic carbocycles. The van der Waals surface area contributed by atoms with Gasteiger partial charge >= 0.3 is 5.97 Å². The second kappa shape index (κ2) is 6.83. The summed E-state index contributed by atoms with van der Waals surface area (Å²) in [6.45, 7) is 1.24. The minimum Gasteiger partial charge on any atom is -0.481 e. The van der Waals surface area contributed by atoms with Crippen LogP contribution in [0.15, 0.2) is 34.7 Å². The van der Waals surface area contributed by atoms with Gasteiger partial charge in [-0.25, -0.2) is 0 Å². The summed E-state index contributed by atoms with van der Waals surface area (Å²) in [5, 5.41) is 12.9. The first-order chi connectivity index (χ1) is 11.1. The van der Waals surface area contributed by atoms with Crippen molar-refractivity contribution in [3.63, 3.8) is 0 Å². The molecule has 1 aliphatic heterocycles. The molecule has 23 heavy (non-hydrogen) atoms. The predicted octanol–water partition coefficient (Wildman–Crippen LogP) is 2.29. The van der Waals surface area contributed by atoms with Gasteiger partial charge in [-0.3, -0.25) is 9.59 Å². The smallest absolute Gasteiger partial charge is 0.308 e. The van der Waals surface area contributed by atoms with Gasteiger partial charge in [0.25, 0.3) is 5.91 Å². The van der Waals surface area contributed by atoms with Crippen LogP contribution in [0, 0.1) is 11.8 Å². The quantitative estimate of drug-likeness (QED) is 0.883. The Kier molecular flexibility index (Phi) is 4.62. The fourth-order valence-electron chi connectivity index (χ4n) is 2.96. The highest BCUT2D eigenvalue weighted by atomic mass is 16.5. The van der Waals surface area contributed by atoms with E-state index in [2.05, 4.69) is 5.32 Å². The van der Waals surface area contributed by atoms with Crippen molar-refractivity contribution in [2.75, 3.05) is 19.8 Å². The van der Waals surface area contributed by atoms with Gasteiger partial charge in [-0.15, -0.1) is 0 Å². The lowest BCUT2D eigenvalue weighted by molar-refractivity contribution is -0.144. The highest BCUT2D eigenvalue weighted by Gasteiger charge is 2.30. The van der Waals surface area contributed by atoms with E-state index in [9.17, 15) is 14.7 Å². The Bertz CT molecular complexity index is 669. The van der Waals surface area contributed by atoms with Crippen LogP contribution in [-0.2, 0) is 9.53 Å². The summed E-state index contributed by atoms with van der Waals surface area (Å²) in [5.74, 6) is -1.66. The molecule has 0 bridgehead atoms. The fraction of sp³-hybridized carbons (Fsp3) is 0.412. The van der Waals surface area contributed by atoms with E-state index in [-0.39, 0.29) is 24.1 Å². The molecule has 2 aromatic rings. The van der Waals surface area contributed by atoms with E-state index in [1.165, 1.54) is 0 Å². The molecular weight excluding hydrogens is 298 g/mol. The Morgan fingerprint density at radius 2 is 2.00 bits per heavy atom. The first-order valence-electron chi connectivity index (χ1n) is 7.72. The number of carbonyl (C=O) groups excluding carboxylic acids is 1. The number of ether oxygens (including phenoxy) is 1. The lowest BCUT2D eigenvalue weighted by Gasteiger charge is -2.27. The maximum absolute atomic E-state index is 12.2. The van der Waals surface area contributed by atoms with Crippen LogP contribution < -0.4 is 5.32 Å². The van der Waals surface area contributed by atoms with E-state index in [0.717, 1.165) is 5.39 Å². The SMILES string of the molecule is O=C(NCC(C(=O)O)C1CCOCC1)c1cc2ccccc2o1. The molecule has 122 valence electrons. The number of carboxylic acids is 1. The first kappa shape index (κ1) is 15.6. The number of benzene rings is 1. The Morgan fingerprint density at radius 3 is 2.70 bits per heavy atom. The molecule has 6 heteroatoms. The number of nitrogens with one attached hydrogen (secondary N) is 1. The highest BCUT2D eigenvalue weighted by molar-refractivity contribution is 5.96. The van der Waals surface area contributed by atoms with Gasteiger partial charge in [0.2, 0.25) is 0 Å².